The van der Waals surface area contributed by atoms with Crippen molar-refractivity contribution in [1.82, 2.24) is 0 Å². The Kier molecular flexibility index (Phi) is 9.91. The first-order chi connectivity index (χ1) is 12.8. The van der Waals surface area contributed by atoms with Crippen molar-refractivity contribution in [1.29, 1.82) is 0 Å². The van der Waals surface area contributed by atoms with E-state index in [9.17, 15) is 0 Å². The second-order valence-corrected chi connectivity index (χ2v) is 7.56. The van der Waals surface area contributed by atoms with Gasteiger partial charge in [0, 0.05) is 16.1 Å². The molecular formula is C23H33BrO2. The van der Waals surface area contributed by atoms with Crippen LogP contribution in [0.25, 0.3) is 10.8 Å². The number of benzene rings is 2. The highest BCUT2D eigenvalue weighted by molar-refractivity contribution is 9.09. The van der Waals surface area contributed by atoms with Gasteiger partial charge in [0.05, 0.1) is 13.2 Å². The van der Waals surface area contributed by atoms with Gasteiger partial charge in [0.25, 0.3) is 0 Å². The van der Waals surface area contributed by atoms with Gasteiger partial charge in [-0.15, -0.1) is 0 Å². The fraction of sp³-hybridized carbons (Fsp3) is 0.565. The van der Waals surface area contributed by atoms with E-state index in [4.69, 9.17) is 9.47 Å². The molecule has 2 nitrogen and oxygen atoms in total. The van der Waals surface area contributed by atoms with Gasteiger partial charge >= 0.3 is 0 Å². The molecule has 0 aliphatic rings. The lowest BCUT2D eigenvalue weighted by molar-refractivity contribution is 0.302. The van der Waals surface area contributed by atoms with Gasteiger partial charge in [-0.25, -0.2) is 0 Å². The van der Waals surface area contributed by atoms with Crippen LogP contribution in [0.3, 0.4) is 0 Å². The van der Waals surface area contributed by atoms with E-state index < -0.39 is 0 Å². The second kappa shape index (κ2) is 12.2. The molecule has 2 rings (SSSR count). The molecule has 0 N–H and O–H groups in total. The summed E-state index contributed by atoms with van der Waals surface area (Å²) >= 11 is 3.47. The smallest absolute Gasteiger partial charge is 0.130 e. The van der Waals surface area contributed by atoms with Gasteiger partial charge in [-0.1, -0.05) is 86.1 Å². The zero-order chi connectivity index (χ0) is 18.6. The molecule has 3 heteroatoms. The van der Waals surface area contributed by atoms with E-state index in [1.165, 1.54) is 43.1 Å². The van der Waals surface area contributed by atoms with Crippen LogP contribution in [0.5, 0.6) is 11.5 Å². The molecule has 0 aliphatic carbocycles. The zero-order valence-corrected chi connectivity index (χ0v) is 17.9. The van der Waals surface area contributed by atoms with Crippen molar-refractivity contribution in [2.24, 2.45) is 0 Å². The number of ether oxygens (including phenoxy) is 2. The van der Waals surface area contributed by atoms with E-state index in [1.807, 2.05) is 0 Å². The average molecular weight is 421 g/mol. The quantitative estimate of drug-likeness (QED) is 0.249. The van der Waals surface area contributed by atoms with Crippen molar-refractivity contribution in [2.75, 3.05) is 18.5 Å². The summed E-state index contributed by atoms with van der Waals surface area (Å²) in [6, 6.07) is 10.6. The lowest BCUT2D eigenvalue weighted by atomic mass is 10.0. The fourth-order valence-corrected chi connectivity index (χ4v) is 3.45. The van der Waals surface area contributed by atoms with Gasteiger partial charge in [-0.3, -0.25) is 0 Å². The van der Waals surface area contributed by atoms with Crippen LogP contribution in [0, 0.1) is 0 Å². The Morgan fingerprint density at radius 1 is 0.808 bits per heavy atom. The molecule has 2 aromatic rings. The average Bonchev–Trinajstić information content (AvgIpc) is 2.68. The molecular weight excluding hydrogens is 388 g/mol. The van der Waals surface area contributed by atoms with Crippen molar-refractivity contribution < 1.29 is 9.47 Å². The highest BCUT2D eigenvalue weighted by Gasteiger charge is 2.13. The number of alkyl halides is 1. The predicted molar refractivity (Wildman–Crippen MR) is 116 cm³/mol. The summed E-state index contributed by atoms with van der Waals surface area (Å²) in [6.45, 7) is 5.97. The summed E-state index contributed by atoms with van der Waals surface area (Å²) < 4.78 is 12.3. The molecule has 2 aromatic carbocycles. The molecule has 0 saturated heterocycles. The minimum absolute atomic E-state index is 0.733. The van der Waals surface area contributed by atoms with Crippen LogP contribution in [-0.2, 0) is 6.42 Å². The Hall–Kier alpha value is -1.22. The molecule has 0 bridgehead atoms. The van der Waals surface area contributed by atoms with Crippen LogP contribution in [-0.4, -0.2) is 18.5 Å². The highest BCUT2D eigenvalue weighted by atomic mass is 79.9. The standard InChI is InChI=1S/C23H33BrO2/c1-3-5-6-7-8-11-16-26-23-19(4-2)18-22(25-17-12-15-24)20-13-9-10-14-21(20)23/h9-10,13-14,18H,3-8,11-12,15-17H2,1-2H3. The number of fused-ring (bicyclic) bond motifs is 1. The fourth-order valence-electron chi connectivity index (χ4n) is 3.22. The Bertz CT molecular complexity index is 654. The molecule has 26 heavy (non-hydrogen) atoms. The summed E-state index contributed by atoms with van der Waals surface area (Å²) in [5, 5.41) is 3.29. The van der Waals surface area contributed by atoms with E-state index in [1.54, 1.807) is 0 Å². The first-order valence-corrected chi connectivity index (χ1v) is 11.3. The number of unbranched alkanes of at least 4 members (excludes halogenated alkanes) is 5. The highest BCUT2D eigenvalue weighted by Crippen LogP contribution is 2.37. The minimum Gasteiger partial charge on any atom is -0.493 e. The molecule has 0 saturated carbocycles. The number of halogens is 1. The molecule has 0 spiro atoms. The van der Waals surface area contributed by atoms with Gasteiger partial charge in [-0.2, -0.15) is 0 Å². The Labute approximate surface area is 167 Å². The number of rotatable bonds is 13. The number of aryl methyl sites for hydroxylation is 1. The van der Waals surface area contributed by atoms with Crippen molar-refractivity contribution >= 4 is 26.7 Å². The van der Waals surface area contributed by atoms with E-state index in [0.29, 0.717) is 0 Å². The molecule has 0 fully saturated rings. The maximum atomic E-state index is 6.27. The lowest BCUT2D eigenvalue weighted by Crippen LogP contribution is -2.03. The van der Waals surface area contributed by atoms with E-state index in [2.05, 4.69) is 60.1 Å². The van der Waals surface area contributed by atoms with Crippen LogP contribution in [0.15, 0.2) is 30.3 Å². The molecule has 0 amide bonds. The molecule has 0 unspecified atom stereocenters. The zero-order valence-electron chi connectivity index (χ0n) is 16.4. The summed E-state index contributed by atoms with van der Waals surface area (Å²) in [6.07, 6.45) is 9.66. The summed E-state index contributed by atoms with van der Waals surface area (Å²) in [5.41, 5.74) is 1.24. The first kappa shape index (κ1) is 21.1. The third kappa shape index (κ3) is 6.19. The van der Waals surface area contributed by atoms with Crippen LogP contribution in [0.1, 0.15) is 64.4 Å². The molecule has 0 heterocycles. The Balaban J connectivity index is 2.09. The molecule has 144 valence electrons. The van der Waals surface area contributed by atoms with Crippen molar-refractivity contribution in [3.05, 3.63) is 35.9 Å². The van der Waals surface area contributed by atoms with E-state index in [0.717, 1.165) is 54.7 Å². The normalized spacial score (nSPS) is 11.0. The summed E-state index contributed by atoms with van der Waals surface area (Å²) in [5.74, 6) is 2.02. The first-order valence-electron chi connectivity index (χ1n) is 10.2. The second-order valence-electron chi connectivity index (χ2n) is 6.77. The molecule has 0 aliphatic heterocycles. The molecule has 0 aromatic heterocycles. The largest absolute Gasteiger partial charge is 0.493 e. The third-order valence-corrected chi connectivity index (χ3v) is 5.26. The monoisotopic (exact) mass is 420 g/mol. The van der Waals surface area contributed by atoms with Gasteiger partial charge in [-0.05, 0) is 30.9 Å². The Morgan fingerprint density at radius 2 is 1.50 bits per heavy atom. The van der Waals surface area contributed by atoms with Crippen LogP contribution in [0.2, 0.25) is 0 Å². The maximum absolute atomic E-state index is 6.27. The molecule has 0 atom stereocenters. The molecule has 0 radical (unpaired) electrons. The van der Waals surface area contributed by atoms with Crippen molar-refractivity contribution in [2.45, 2.75) is 65.2 Å². The van der Waals surface area contributed by atoms with Crippen molar-refractivity contribution in [3.63, 3.8) is 0 Å². The van der Waals surface area contributed by atoms with Crippen molar-refractivity contribution in [3.8, 4) is 11.5 Å². The van der Waals surface area contributed by atoms with Gasteiger partial charge in [0.2, 0.25) is 0 Å². The van der Waals surface area contributed by atoms with Gasteiger partial charge in [0.15, 0.2) is 0 Å². The SMILES string of the molecule is CCCCCCCCOc1c(CC)cc(OCCCBr)c2ccccc12. The van der Waals surface area contributed by atoms with E-state index in [-0.39, 0.29) is 0 Å². The maximum Gasteiger partial charge on any atom is 0.130 e. The summed E-state index contributed by atoms with van der Waals surface area (Å²) in [4.78, 5) is 0. The summed E-state index contributed by atoms with van der Waals surface area (Å²) in [7, 11) is 0. The van der Waals surface area contributed by atoms with E-state index >= 15 is 0 Å². The topological polar surface area (TPSA) is 18.5 Å². The van der Waals surface area contributed by atoms with Crippen LogP contribution >= 0.6 is 15.9 Å². The Morgan fingerprint density at radius 3 is 2.23 bits per heavy atom. The predicted octanol–water partition coefficient (Wildman–Crippen LogP) is 7.31. The van der Waals surface area contributed by atoms with Gasteiger partial charge in [0.1, 0.15) is 11.5 Å². The van der Waals surface area contributed by atoms with Crippen LogP contribution in [0.4, 0.5) is 0 Å². The number of hydrogen-bond acceptors (Lipinski definition) is 2. The third-order valence-electron chi connectivity index (χ3n) is 4.69. The van der Waals surface area contributed by atoms with Gasteiger partial charge < -0.3 is 9.47 Å². The lowest BCUT2D eigenvalue weighted by Gasteiger charge is -2.17. The minimum atomic E-state index is 0.733. The van der Waals surface area contributed by atoms with Crippen LogP contribution < -0.4 is 9.47 Å². The number of hydrogen-bond donors (Lipinski definition) is 0.